The minimum atomic E-state index is -0.0311. The average Bonchev–Trinajstić information content (AvgIpc) is 3.27. The van der Waals surface area contributed by atoms with Crippen LogP contribution >= 0.6 is 11.6 Å². The van der Waals surface area contributed by atoms with Crippen LogP contribution in [-0.4, -0.2) is 10.2 Å². The summed E-state index contributed by atoms with van der Waals surface area (Å²) in [6.07, 6.45) is 1.93. The molecule has 0 aliphatic rings. The first kappa shape index (κ1) is 23.9. The van der Waals surface area contributed by atoms with Crippen molar-refractivity contribution in [2.24, 2.45) is 0 Å². The number of carbonyl (C=O) groups is 1. The van der Waals surface area contributed by atoms with Crippen molar-refractivity contribution in [1.82, 2.24) is 4.40 Å². The second-order valence-electron chi connectivity index (χ2n) is 10.00. The lowest BCUT2D eigenvalue weighted by atomic mass is 9.87. The van der Waals surface area contributed by atoms with Crippen molar-refractivity contribution in [3.05, 3.63) is 131 Å². The van der Waals surface area contributed by atoms with E-state index in [-0.39, 0.29) is 11.2 Å². The lowest BCUT2D eigenvalue weighted by molar-refractivity contribution is 0.103. The Morgan fingerprint density at radius 2 is 1.56 bits per heavy atom. The first-order chi connectivity index (χ1) is 17.3. The Balaban J connectivity index is 1.38. The van der Waals surface area contributed by atoms with Gasteiger partial charge < -0.3 is 9.14 Å². The third kappa shape index (κ3) is 4.93. The zero-order valence-electron chi connectivity index (χ0n) is 20.7. The predicted octanol–water partition coefficient (Wildman–Crippen LogP) is 8.37. The van der Waals surface area contributed by atoms with Gasteiger partial charge in [0.05, 0.1) is 0 Å². The summed E-state index contributed by atoms with van der Waals surface area (Å²) in [5.74, 6) is 0.798. The molecule has 0 saturated carbocycles. The quantitative estimate of drug-likeness (QED) is 0.222. The molecule has 0 radical (unpaired) electrons. The smallest absolute Gasteiger partial charge is 0.210 e. The van der Waals surface area contributed by atoms with Gasteiger partial charge in [-0.1, -0.05) is 87.0 Å². The molecule has 0 aliphatic carbocycles. The molecule has 2 aromatic heterocycles. The Labute approximate surface area is 216 Å². The molecule has 0 amide bonds. The zero-order valence-corrected chi connectivity index (χ0v) is 21.4. The number of hydrogen-bond acceptors (Lipinski definition) is 2. The molecular formula is C32H28ClNO2. The standard InChI is InChI=1S/C32H28ClNO2/c1-32(2,3)25-13-17-28(18-14-25)36-21-22-7-9-24(10-8-22)31(35)30-29(23-11-15-26(33)16-12-23)20-27-6-4-5-19-34(27)30/h4-20H,21H2,1-3H3. The second-order valence-corrected chi connectivity index (χ2v) is 10.4. The largest absolute Gasteiger partial charge is 0.489 e. The van der Waals surface area contributed by atoms with E-state index in [2.05, 4.69) is 32.9 Å². The number of ketones is 1. The molecule has 36 heavy (non-hydrogen) atoms. The first-order valence-electron chi connectivity index (χ1n) is 12.0. The maximum Gasteiger partial charge on any atom is 0.210 e. The van der Waals surface area contributed by atoms with Crippen LogP contribution in [0.4, 0.5) is 0 Å². The maximum absolute atomic E-state index is 13.7. The molecule has 0 fully saturated rings. The highest BCUT2D eigenvalue weighted by Gasteiger charge is 2.20. The van der Waals surface area contributed by atoms with E-state index in [1.165, 1.54) is 5.56 Å². The number of carbonyl (C=O) groups excluding carboxylic acids is 1. The summed E-state index contributed by atoms with van der Waals surface area (Å²) in [5, 5.41) is 0.665. The fourth-order valence-corrected chi connectivity index (χ4v) is 4.44. The lowest BCUT2D eigenvalue weighted by Crippen LogP contribution is -2.10. The van der Waals surface area contributed by atoms with E-state index in [4.69, 9.17) is 16.3 Å². The molecule has 0 atom stereocenters. The summed E-state index contributed by atoms with van der Waals surface area (Å²) in [5.41, 5.74) is 6.46. The Morgan fingerprint density at radius 3 is 2.22 bits per heavy atom. The van der Waals surface area contributed by atoms with Gasteiger partial charge in [0, 0.05) is 27.9 Å². The summed E-state index contributed by atoms with van der Waals surface area (Å²) in [6.45, 7) is 7.02. The number of rotatable bonds is 6. The molecule has 5 aromatic rings. The number of pyridine rings is 1. The molecule has 3 aromatic carbocycles. The minimum Gasteiger partial charge on any atom is -0.489 e. The van der Waals surface area contributed by atoms with Gasteiger partial charge in [-0.15, -0.1) is 0 Å². The van der Waals surface area contributed by atoms with Crippen LogP contribution in [0.2, 0.25) is 5.02 Å². The van der Waals surface area contributed by atoms with Crippen molar-refractivity contribution in [2.75, 3.05) is 0 Å². The lowest BCUT2D eigenvalue weighted by Gasteiger charge is -2.19. The van der Waals surface area contributed by atoms with Gasteiger partial charge in [-0.05, 0) is 64.6 Å². The monoisotopic (exact) mass is 493 g/mol. The highest BCUT2D eigenvalue weighted by Crippen LogP contribution is 2.31. The van der Waals surface area contributed by atoms with Gasteiger partial charge in [-0.2, -0.15) is 0 Å². The topological polar surface area (TPSA) is 30.7 Å². The zero-order chi connectivity index (χ0) is 25.3. The molecule has 0 bridgehead atoms. The van der Waals surface area contributed by atoms with E-state index in [0.29, 0.717) is 22.9 Å². The van der Waals surface area contributed by atoms with E-state index >= 15 is 0 Å². The molecule has 4 heteroatoms. The van der Waals surface area contributed by atoms with Crippen LogP contribution in [0.1, 0.15) is 48.0 Å². The van der Waals surface area contributed by atoms with Crippen molar-refractivity contribution in [2.45, 2.75) is 32.8 Å². The molecule has 3 nitrogen and oxygen atoms in total. The summed E-state index contributed by atoms with van der Waals surface area (Å²) in [6, 6.07) is 31.4. The van der Waals surface area contributed by atoms with E-state index in [1.54, 1.807) is 0 Å². The Kier molecular flexibility index (Phi) is 6.42. The van der Waals surface area contributed by atoms with E-state index in [1.807, 2.05) is 95.5 Å². The van der Waals surface area contributed by atoms with Gasteiger partial charge in [-0.3, -0.25) is 4.79 Å². The summed E-state index contributed by atoms with van der Waals surface area (Å²) in [7, 11) is 0. The van der Waals surface area contributed by atoms with Gasteiger partial charge in [0.15, 0.2) is 0 Å². The van der Waals surface area contributed by atoms with Crippen LogP contribution in [0, 0.1) is 0 Å². The van der Waals surface area contributed by atoms with Gasteiger partial charge in [-0.25, -0.2) is 0 Å². The molecule has 0 saturated heterocycles. The number of halogens is 1. The normalized spacial score (nSPS) is 11.6. The molecule has 0 unspecified atom stereocenters. The molecule has 0 aliphatic heterocycles. The molecular weight excluding hydrogens is 466 g/mol. The molecule has 180 valence electrons. The Hall–Kier alpha value is -3.82. The van der Waals surface area contributed by atoms with Gasteiger partial charge >= 0.3 is 0 Å². The number of ether oxygens (including phenoxy) is 1. The average molecular weight is 494 g/mol. The Bertz CT molecular complexity index is 1510. The van der Waals surface area contributed by atoms with Crippen LogP contribution < -0.4 is 4.74 Å². The molecule has 0 N–H and O–H groups in total. The van der Waals surface area contributed by atoms with Crippen molar-refractivity contribution in [1.29, 1.82) is 0 Å². The fourth-order valence-electron chi connectivity index (χ4n) is 4.31. The summed E-state index contributed by atoms with van der Waals surface area (Å²) < 4.78 is 7.93. The number of aromatic nitrogens is 1. The summed E-state index contributed by atoms with van der Waals surface area (Å²) >= 11 is 6.10. The molecule has 0 spiro atoms. The minimum absolute atomic E-state index is 0.0311. The maximum atomic E-state index is 13.7. The molecule has 5 rings (SSSR count). The van der Waals surface area contributed by atoms with E-state index < -0.39 is 0 Å². The highest BCUT2D eigenvalue weighted by molar-refractivity contribution is 6.30. The highest BCUT2D eigenvalue weighted by atomic mass is 35.5. The van der Waals surface area contributed by atoms with Crippen LogP contribution in [0.15, 0.2) is 103 Å². The van der Waals surface area contributed by atoms with Crippen LogP contribution in [0.5, 0.6) is 5.75 Å². The first-order valence-corrected chi connectivity index (χ1v) is 12.4. The van der Waals surface area contributed by atoms with Crippen LogP contribution in [0.25, 0.3) is 16.6 Å². The Morgan fingerprint density at radius 1 is 0.861 bits per heavy atom. The number of hydrogen-bond donors (Lipinski definition) is 0. The fraction of sp³-hybridized carbons (Fsp3) is 0.156. The van der Waals surface area contributed by atoms with E-state index in [0.717, 1.165) is 28.0 Å². The number of benzene rings is 3. The third-order valence-electron chi connectivity index (χ3n) is 6.39. The predicted molar refractivity (Wildman–Crippen MR) is 147 cm³/mol. The van der Waals surface area contributed by atoms with Crippen LogP contribution in [-0.2, 0) is 12.0 Å². The SMILES string of the molecule is CC(C)(C)c1ccc(OCc2ccc(C(=O)c3c(-c4ccc(Cl)cc4)cc4ccccn34)cc2)cc1. The van der Waals surface area contributed by atoms with Gasteiger partial charge in [0.25, 0.3) is 0 Å². The number of fused-ring (bicyclic) bond motifs is 1. The van der Waals surface area contributed by atoms with Gasteiger partial charge in [0.2, 0.25) is 5.78 Å². The van der Waals surface area contributed by atoms with Crippen molar-refractivity contribution < 1.29 is 9.53 Å². The van der Waals surface area contributed by atoms with Crippen molar-refractivity contribution in [3.8, 4) is 16.9 Å². The van der Waals surface area contributed by atoms with Crippen LogP contribution in [0.3, 0.4) is 0 Å². The summed E-state index contributed by atoms with van der Waals surface area (Å²) in [4.78, 5) is 13.7. The number of nitrogens with zero attached hydrogens (tertiary/aromatic N) is 1. The molecule has 2 heterocycles. The van der Waals surface area contributed by atoms with Crippen molar-refractivity contribution in [3.63, 3.8) is 0 Å². The third-order valence-corrected chi connectivity index (χ3v) is 6.64. The van der Waals surface area contributed by atoms with Gasteiger partial charge in [0.1, 0.15) is 18.1 Å². The van der Waals surface area contributed by atoms with Crippen molar-refractivity contribution >= 4 is 22.9 Å². The second kappa shape index (κ2) is 9.67. The van der Waals surface area contributed by atoms with E-state index in [9.17, 15) is 4.79 Å².